The lowest BCUT2D eigenvalue weighted by molar-refractivity contribution is 0.145. The van der Waals surface area contributed by atoms with Crippen LogP contribution in [0, 0.1) is 5.41 Å². The molecule has 2 heteroatoms. The summed E-state index contributed by atoms with van der Waals surface area (Å²) in [5.74, 6) is 1.01. The summed E-state index contributed by atoms with van der Waals surface area (Å²) in [5.41, 5.74) is 1.61. The van der Waals surface area contributed by atoms with Gasteiger partial charge in [0.05, 0.1) is 5.52 Å². The van der Waals surface area contributed by atoms with E-state index in [1.165, 1.54) is 31.1 Å². The van der Waals surface area contributed by atoms with Gasteiger partial charge in [-0.25, -0.2) is 4.98 Å². The number of fused-ring (bicyclic) bond motifs is 1. The summed E-state index contributed by atoms with van der Waals surface area (Å²) in [6.07, 6.45) is 5.39. The molecule has 0 amide bonds. The minimum atomic E-state index is 0.535. The maximum absolute atomic E-state index is 4.66. The molecule has 1 N–H and O–H groups in total. The molecule has 1 aromatic heterocycles. The van der Waals surface area contributed by atoms with E-state index in [1.807, 2.05) is 6.07 Å². The smallest absolute Gasteiger partial charge is 0.126 e. The number of benzene rings is 1. The number of hydrogen-bond donors (Lipinski definition) is 1. The predicted molar refractivity (Wildman–Crippen MR) is 76.8 cm³/mol. The second kappa shape index (κ2) is 4.60. The van der Waals surface area contributed by atoms with E-state index in [9.17, 15) is 0 Å². The number of para-hydroxylation sites is 1. The van der Waals surface area contributed by atoms with Gasteiger partial charge in [-0.05, 0) is 42.9 Å². The van der Waals surface area contributed by atoms with Crippen LogP contribution >= 0.6 is 0 Å². The lowest BCUT2D eigenvalue weighted by Crippen LogP contribution is -2.36. The lowest BCUT2D eigenvalue weighted by atomic mass is 9.67. The highest BCUT2D eigenvalue weighted by molar-refractivity contribution is 5.80. The maximum atomic E-state index is 4.66. The minimum absolute atomic E-state index is 0.535. The van der Waals surface area contributed by atoms with Gasteiger partial charge in [-0.1, -0.05) is 31.5 Å². The quantitative estimate of drug-likeness (QED) is 0.865. The minimum Gasteiger partial charge on any atom is -0.369 e. The van der Waals surface area contributed by atoms with Gasteiger partial charge in [-0.3, -0.25) is 0 Å². The molecule has 1 aliphatic rings. The Morgan fingerprint density at radius 3 is 2.72 bits per heavy atom. The summed E-state index contributed by atoms with van der Waals surface area (Å²) in [5, 5.41) is 4.72. The third-order valence-corrected chi connectivity index (χ3v) is 4.41. The predicted octanol–water partition coefficient (Wildman–Crippen LogP) is 4.23. The van der Waals surface area contributed by atoms with E-state index >= 15 is 0 Å². The van der Waals surface area contributed by atoms with E-state index in [0.717, 1.165) is 17.9 Å². The van der Waals surface area contributed by atoms with Gasteiger partial charge in [0, 0.05) is 11.9 Å². The van der Waals surface area contributed by atoms with E-state index in [0.29, 0.717) is 5.41 Å². The van der Waals surface area contributed by atoms with E-state index < -0.39 is 0 Å². The molecule has 3 rings (SSSR count). The van der Waals surface area contributed by atoms with Gasteiger partial charge in [-0.2, -0.15) is 0 Å². The van der Waals surface area contributed by atoms with Crippen LogP contribution in [0.15, 0.2) is 36.4 Å². The molecule has 2 nitrogen and oxygen atoms in total. The first-order valence-electron chi connectivity index (χ1n) is 6.91. The molecule has 18 heavy (non-hydrogen) atoms. The van der Waals surface area contributed by atoms with Gasteiger partial charge in [0.25, 0.3) is 0 Å². The molecular weight excluding hydrogens is 220 g/mol. The SMILES string of the molecule is CCC1(CNc2ccc3ccccc3n2)CCC1. The van der Waals surface area contributed by atoms with Crippen molar-refractivity contribution in [2.75, 3.05) is 11.9 Å². The highest BCUT2D eigenvalue weighted by atomic mass is 15.0. The van der Waals surface area contributed by atoms with Crippen molar-refractivity contribution < 1.29 is 0 Å². The molecule has 1 heterocycles. The first kappa shape index (κ1) is 11.5. The van der Waals surface area contributed by atoms with Crippen molar-refractivity contribution in [1.29, 1.82) is 0 Å². The van der Waals surface area contributed by atoms with Crippen molar-refractivity contribution in [2.24, 2.45) is 5.41 Å². The highest BCUT2D eigenvalue weighted by Gasteiger charge is 2.34. The summed E-state index contributed by atoms with van der Waals surface area (Å²) in [6.45, 7) is 3.36. The summed E-state index contributed by atoms with van der Waals surface area (Å²) in [6, 6.07) is 12.5. The molecule has 1 aliphatic carbocycles. The summed E-state index contributed by atoms with van der Waals surface area (Å²) < 4.78 is 0. The molecule has 0 spiro atoms. The number of aromatic nitrogens is 1. The van der Waals surface area contributed by atoms with E-state index in [1.54, 1.807) is 0 Å². The summed E-state index contributed by atoms with van der Waals surface area (Å²) in [4.78, 5) is 4.66. The van der Waals surface area contributed by atoms with Gasteiger partial charge in [0.1, 0.15) is 5.82 Å². The average Bonchev–Trinajstić information content (AvgIpc) is 2.38. The number of pyridine rings is 1. The van der Waals surface area contributed by atoms with Crippen LogP contribution in [0.4, 0.5) is 5.82 Å². The van der Waals surface area contributed by atoms with E-state index in [4.69, 9.17) is 0 Å². The fourth-order valence-electron chi connectivity index (χ4n) is 2.77. The molecule has 1 aromatic carbocycles. The third-order valence-electron chi connectivity index (χ3n) is 4.41. The molecule has 1 saturated carbocycles. The summed E-state index contributed by atoms with van der Waals surface area (Å²) >= 11 is 0. The average molecular weight is 240 g/mol. The zero-order valence-corrected chi connectivity index (χ0v) is 10.9. The largest absolute Gasteiger partial charge is 0.369 e. The van der Waals surface area contributed by atoms with Crippen LogP contribution < -0.4 is 5.32 Å². The van der Waals surface area contributed by atoms with Crippen LogP contribution in [-0.2, 0) is 0 Å². The van der Waals surface area contributed by atoms with Crippen molar-refractivity contribution >= 4 is 16.7 Å². The molecule has 0 atom stereocenters. The number of hydrogen-bond acceptors (Lipinski definition) is 2. The molecule has 0 aliphatic heterocycles. The zero-order chi connectivity index (χ0) is 12.4. The van der Waals surface area contributed by atoms with Crippen molar-refractivity contribution in [3.63, 3.8) is 0 Å². The van der Waals surface area contributed by atoms with Crippen molar-refractivity contribution in [3.05, 3.63) is 36.4 Å². The Balaban J connectivity index is 1.74. The summed E-state index contributed by atoms with van der Waals surface area (Å²) in [7, 11) is 0. The first-order valence-corrected chi connectivity index (χ1v) is 6.91. The molecule has 0 bridgehead atoms. The maximum Gasteiger partial charge on any atom is 0.126 e. The second-order valence-electron chi connectivity index (χ2n) is 5.45. The standard InChI is InChI=1S/C16H20N2/c1-2-16(10-5-11-16)12-17-15-9-8-13-6-3-4-7-14(13)18-15/h3-4,6-9H,2,5,10-12H2,1H3,(H,17,18). The molecule has 94 valence electrons. The first-order chi connectivity index (χ1) is 8.81. The fourth-order valence-corrected chi connectivity index (χ4v) is 2.77. The molecule has 0 radical (unpaired) electrons. The molecule has 1 fully saturated rings. The van der Waals surface area contributed by atoms with Crippen LogP contribution in [0.25, 0.3) is 10.9 Å². The Morgan fingerprint density at radius 2 is 2.00 bits per heavy atom. The second-order valence-corrected chi connectivity index (χ2v) is 5.45. The van der Waals surface area contributed by atoms with Crippen LogP contribution in [0.5, 0.6) is 0 Å². The number of nitrogens with one attached hydrogen (secondary N) is 1. The molecule has 0 saturated heterocycles. The van der Waals surface area contributed by atoms with Gasteiger partial charge < -0.3 is 5.32 Å². The lowest BCUT2D eigenvalue weighted by Gasteiger charge is -2.41. The Bertz CT molecular complexity index is 538. The normalized spacial score (nSPS) is 17.4. The Kier molecular flexibility index (Phi) is 2.94. The van der Waals surface area contributed by atoms with Crippen LogP contribution in [0.1, 0.15) is 32.6 Å². The highest BCUT2D eigenvalue weighted by Crippen LogP contribution is 2.43. The number of nitrogens with zero attached hydrogens (tertiary/aromatic N) is 1. The van der Waals surface area contributed by atoms with E-state index in [-0.39, 0.29) is 0 Å². The van der Waals surface area contributed by atoms with Gasteiger partial charge >= 0.3 is 0 Å². The van der Waals surface area contributed by atoms with Crippen LogP contribution in [0.3, 0.4) is 0 Å². The monoisotopic (exact) mass is 240 g/mol. The Hall–Kier alpha value is -1.57. The van der Waals surface area contributed by atoms with Crippen molar-refractivity contribution in [3.8, 4) is 0 Å². The topological polar surface area (TPSA) is 24.9 Å². The van der Waals surface area contributed by atoms with Crippen molar-refractivity contribution in [1.82, 2.24) is 4.98 Å². The third kappa shape index (κ3) is 2.07. The van der Waals surface area contributed by atoms with Gasteiger partial charge in [0.15, 0.2) is 0 Å². The Morgan fingerprint density at radius 1 is 1.17 bits per heavy atom. The van der Waals surface area contributed by atoms with Crippen LogP contribution in [-0.4, -0.2) is 11.5 Å². The molecule has 0 unspecified atom stereocenters. The van der Waals surface area contributed by atoms with Gasteiger partial charge in [-0.15, -0.1) is 0 Å². The van der Waals surface area contributed by atoms with Gasteiger partial charge in [0.2, 0.25) is 0 Å². The Labute approximate surface area is 108 Å². The van der Waals surface area contributed by atoms with E-state index in [2.05, 4.69) is 47.6 Å². The fraction of sp³-hybridized carbons (Fsp3) is 0.438. The molecule has 2 aromatic rings. The molecular formula is C16H20N2. The van der Waals surface area contributed by atoms with Crippen LogP contribution in [0.2, 0.25) is 0 Å². The number of anilines is 1. The zero-order valence-electron chi connectivity index (χ0n) is 10.9. The number of rotatable bonds is 4. The van der Waals surface area contributed by atoms with Crippen molar-refractivity contribution in [2.45, 2.75) is 32.6 Å².